The fraction of sp³-hybridized carbons (Fsp3) is 0.538. The lowest BCUT2D eigenvalue weighted by Crippen LogP contribution is -2.45. The van der Waals surface area contributed by atoms with E-state index in [0.717, 1.165) is 24.3 Å². The highest BCUT2D eigenvalue weighted by Crippen LogP contribution is 2.31. The van der Waals surface area contributed by atoms with E-state index in [1.165, 1.54) is 8.61 Å². The van der Waals surface area contributed by atoms with Gasteiger partial charge in [-0.1, -0.05) is 12.1 Å². The van der Waals surface area contributed by atoms with Gasteiger partial charge in [0.25, 0.3) is 0 Å². The standard InChI is InChI=1S/C13H21N3O2S/c1-11(2)15(3)19(17,18)16-10-6-9-14-12-7-4-5-8-13(12)16/h4-5,7-8,11,14H,6,9-10H2,1-3H3. The van der Waals surface area contributed by atoms with Crippen LogP contribution in [0, 0.1) is 0 Å². The Morgan fingerprint density at radius 2 is 2.00 bits per heavy atom. The Labute approximate surface area is 115 Å². The van der Waals surface area contributed by atoms with Crippen molar-refractivity contribution in [3.8, 4) is 0 Å². The summed E-state index contributed by atoms with van der Waals surface area (Å²) >= 11 is 0. The van der Waals surface area contributed by atoms with E-state index in [-0.39, 0.29) is 6.04 Å². The second-order valence-corrected chi connectivity index (χ2v) is 6.90. The molecule has 2 rings (SSSR count). The largest absolute Gasteiger partial charge is 0.383 e. The van der Waals surface area contributed by atoms with E-state index >= 15 is 0 Å². The summed E-state index contributed by atoms with van der Waals surface area (Å²) in [4.78, 5) is 0. The average Bonchev–Trinajstić information content (AvgIpc) is 2.60. The monoisotopic (exact) mass is 283 g/mol. The van der Waals surface area contributed by atoms with Gasteiger partial charge >= 0.3 is 10.2 Å². The van der Waals surface area contributed by atoms with Gasteiger partial charge in [0, 0.05) is 26.2 Å². The molecule has 0 aromatic heterocycles. The zero-order valence-electron chi connectivity index (χ0n) is 11.6. The molecule has 0 unspecified atom stereocenters. The molecule has 1 aromatic rings. The predicted octanol–water partition coefficient (Wildman–Crippen LogP) is 1.89. The Morgan fingerprint density at radius 1 is 1.32 bits per heavy atom. The molecule has 0 saturated heterocycles. The lowest BCUT2D eigenvalue weighted by Gasteiger charge is -2.30. The molecule has 0 spiro atoms. The summed E-state index contributed by atoms with van der Waals surface area (Å²) in [7, 11) is -1.85. The summed E-state index contributed by atoms with van der Waals surface area (Å²) < 4.78 is 28.2. The molecule has 0 amide bonds. The van der Waals surface area contributed by atoms with Crippen LogP contribution in [0.15, 0.2) is 24.3 Å². The molecular weight excluding hydrogens is 262 g/mol. The number of para-hydroxylation sites is 2. The molecule has 0 bridgehead atoms. The van der Waals surface area contributed by atoms with Gasteiger partial charge in [-0.2, -0.15) is 12.7 Å². The zero-order chi connectivity index (χ0) is 14.0. The Hall–Kier alpha value is -1.27. The van der Waals surface area contributed by atoms with Crippen molar-refractivity contribution in [1.82, 2.24) is 4.31 Å². The maximum absolute atomic E-state index is 12.7. The molecule has 1 aliphatic heterocycles. The molecule has 5 nitrogen and oxygen atoms in total. The van der Waals surface area contributed by atoms with Crippen molar-refractivity contribution < 1.29 is 8.42 Å². The number of rotatable bonds is 3. The summed E-state index contributed by atoms with van der Waals surface area (Å²) in [5.41, 5.74) is 1.60. The first-order valence-electron chi connectivity index (χ1n) is 6.53. The van der Waals surface area contributed by atoms with E-state index in [4.69, 9.17) is 0 Å². The van der Waals surface area contributed by atoms with E-state index in [1.54, 1.807) is 7.05 Å². The van der Waals surface area contributed by atoms with Crippen molar-refractivity contribution in [3.63, 3.8) is 0 Å². The van der Waals surface area contributed by atoms with Crippen LogP contribution in [0.4, 0.5) is 11.4 Å². The van der Waals surface area contributed by atoms with Crippen LogP contribution in [-0.2, 0) is 10.2 Å². The maximum atomic E-state index is 12.7. The number of fused-ring (bicyclic) bond motifs is 1. The number of anilines is 2. The van der Waals surface area contributed by atoms with Crippen LogP contribution in [0.5, 0.6) is 0 Å². The molecular formula is C13H21N3O2S. The van der Waals surface area contributed by atoms with Crippen LogP contribution in [0.3, 0.4) is 0 Å². The van der Waals surface area contributed by atoms with Gasteiger partial charge in [-0.15, -0.1) is 0 Å². The number of nitrogens with one attached hydrogen (secondary N) is 1. The van der Waals surface area contributed by atoms with Crippen molar-refractivity contribution in [1.29, 1.82) is 0 Å². The van der Waals surface area contributed by atoms with Gasteiger partial charge in [-0.3, -0.25) is 4.31 Å². The van der Waals surface area contributed by atoms with Crippen LogP contribution < -0.4 is 9.62 Å². The lowest BCUT2D eigenvalue weighted by atomic mass is 10.2. The van der Waals surface area contributed by atoms with Crippen molar-refractivity contribution in [2.45, 2.75) is 26.3 Å². The molecule has 1 aromatic carbocycles. The third kappa shape index (κ3) is 2.69. The fourth-order valence-corrected chi connectivity index (χ4v) is 3.68. The second kappa shape index (κ2) is 5.38. The smallest absolute Gasteiger partial charge is 0.304 e. The van der Waals surface area contributed by atoms with Gasteiger partial charge in [0.2, 0.25) is 0 Å². The summed E-state index contributed by atoms with van der Waals surface area (Å²) in [6, 6.07) is 7.48. The molecule has 1 N–H and O–H groups in total. The minimum atomic E-state index is -3.47. The zero-order valence-corrected chi connectivity index (χ0v) is 12.4. The Bertz CT molecular complexity index is 543. The van der Waals surface area contributed by atoms with Crippen LogP contribution >= 0.6 is 0 Å². The fourth-order valence-electron chi connectivity index (χ4n) is 2.07. The Morgan fingerprint density at radius 3 is 2.68 bits per heavy atom. The van der Waals surface area contributed by atoms with Gasteiger partial charge in [-0.25, -0.2) is 0 Å². The quantitative estimate of drug-likeness (QED) is 0.921. The molecule has 0 radical (unpaired) electrons. The Kier molecular flexibility index (Phi) is 4.01. The van der Waals surface area contributed by atoms with Crippen molar-refractivity contribution in [2.75, 3.05) is 29.8 Å². The molecule has 0 saturated carbocycles. The minimum Gasteiger partial charge on any atom is -0.383 e. The first kappa shape index (κ1) is 14.1. The summed E-state index contributed by atoms with van der Waals surface area (Å²) in [5.74, 6) is 0. The first-order chi connectivity index (χ1) is 8.94. The normalized spacial score (nSPS) is 16.2. The van der Waals surface area contributed by atoms with Gasteiger partial charge in [-0.05, 0) is 32.4 Å². The second-order valence-electron chi connectivity index (χ2n) is 4.99. The van der Waals surface area contributed by atoms with E-state index in [1.807, 2.05) is 38.1 Å². The van der Waals surface area contributed by atoms with Gasteiger partial charge in [0.05, 0.1) is 11.4 Å². The van der Waals surface area contributed by atoms with Crippen molar-refractivity contribution in [2.24, 2.45) is 0 Å². The Balaban J connectivity index is 2.45. The SMILES string of the molecule is CC(C)N(C)S(=O)(=O)N1CCCNc2ccccc21. The van der Waals surface area contributed by atoms with Crippen molar-refractivity contribution >= 4 is 21.6 Å². The average molecular weight is 283 g/mol. The number of nitrogens with zero attached hydrogens (tertiary/aromatic N) is 2. The highest BCUT2D eigenvalue weighted by Gasteiger charge is 2.31. The molecule has 1 heterocycles. The van der Waals surface area contributed by atoms with Gasteiger partial charge < -0.3 is 5.32 Å². The third-order valence-electron chi connectivity index (χ3n) is 3.40. The molecule has 0 atom stereocenters. The highest BCUT2D eigenvalue weighted by molar-refractivity contribution is 7.90. The summed E-state index contributed by atoms with van der Waals surface area (Å²) in [5, 5.41) is 3.27. The van der Waals surface area contributed by atoms with E-state index in [9.17, 15) is 8.42 Å². The predicted molar refractivity (Wildman–Crippen MR) is 78.7 cm³/mol. The van der Waals surface area contributed by atoms with E-state index in [0.29, 0.717) is 6.54 Å². The van der Waals surface area contributed by atoms with Crippen LogP contribution in [-0.4, -0.2) is 38.9 Å². The van der Waals surface area contributed by atoms with Crippen LogP contribution in [0.2, 0.25) is 0 Å². The molecule has 0 fully saturated rings. The van der Waals surface area contributed by atoms with Gasteiger partial charge in [0.15, 0.2) is 0 Å². The van der Waals surface area contributed by atoms with Crippen LogP contribution in [0.25, 0.3) is 0 Å². The molecule has 19 heavy (non-hydrogen) atoms. The van der Waals surface area contributed by atoms with Crippen molar-refractivity contribution in [3.05, 3.63) is 24.3 Å². The number of hydrogen-bond acceptors (Lipinski definition) is 3. The molecule has 1 aliphatic rings. The highest BCUT2D eigenvalue weighted by atomic mass is 32.2. The lowest BCUT2D eigenvalue weighted by molar-refractivity contribution is 0.408. The number of benzene rings is 1. The van der Waals surface area contributed by atoms with E-state index < -0.39 is 10.2 Å². The molecule has 0 aliphatic carbocycles. The third-order valence-corrected chi connectivity index (χ3v) is 5.48. The van der Waals surface area contributed by atoms with Crippen LogP contribution in [0.1, 0.15) is 20.3 Å². The number of hydrogen-bond donors (Lipinski definition) is 1. The van der Waals surface area contributed by atoms with E-state index in [2.05, 4.69) is 5.32 Å². The molecule has 6 heteroatoms. The summed E-state index contributed by atoms with van der Waals surface area (Å²) in [6.45, 7) is 5.04. The molecule has 106 valence electrons. The minimum absolute atomic E-state index is 0.0617. The van der Waals surface area contributed by atoms with Gasteiger partial charge in [0.1, 0.15) is 0 Å². The topological polar surface area (TPSA) is 52.7 Å². The summed E-state index contributed by atoms with van der Waals surface area (Å²) in [6.07, 6.45) is 0.792. The maximum Gasteiger partial charge on any atom is 0.304 e. The first-order valence-corrected chi connectivity index (χ1v) is 7.93.